The van der Waals surface area contributed by atoms with Crippen molar-refractivity contribution in [3.05, 3.63) is 23.4 Å². The van der Waals surface area contributed by atoms with Crippen LogP contribution in [0.2, 0.25) is 0 Å². The van der Waals surface area contributed by atoms with Crippen molar-refractivity contribution in [2.75, 3.05) is 18.5 Å². The van der Waals surface area contributed by atoms with E-state index in [-0.39, 0.29) is 5.92 Å². The van der Waals surface area contributed by atoms with Gasteiger partial charge in [0.2, 0.25) is 0 Å². The summed E-state index contributed by atoms with van der Waals surface area (Å²) in [6.07, 6.45) is 1.68. The van der Waals surface area contributed by atoms with Crippen molar-refractivity contribution in [2.24, 2.45) is 5.92 Å². The molecule has 1 rings (SSSR count). The summed E-state index contributed by atoms with van der Waals surface area (Å²) in [6.45, 7) is 4.30. The average Bonchev–Trinajstić information content (AvgIpc) is 2.28. The number of anilines is 1. The van der Waals surface area contributed by atoms with Crippen LogP contribution in [-0.2, 0) is 0 Å². The van der Waals surface area contributed by atoms with E-state index in [4.69, 9.17) is 10.5 Å². The molecule has 0 aromatic carbocycles. The van der Waals surface area contributed by atoms with Gasteiger partial charge < -0.3 is 4.90 Å². The van der Waals surface area contributed by atoms with Gasteiger partial charge in [-0.25, -0.2) is 4.98 Å². The monoisotopic (exact) mass is 214 g/mol. The first-order valence-corrected chi connectivity index (χ1v) is 5.06. The Morgan fingerprint density at radius 1 is 1.50 bits per heavy atom. The van der Waals surface area contributed by atoms with Crippen LogP contribution in [0.3, 0.4) is 0 Å². The van der Waals surface area contributed by atoms with E-state index in [0.717, 1.165) is 5.56 Å². The molecule has 1 heterocycles. The van der Waals surface area contributed by atoms with Gasteiger partial charge in [-0.2, -0.15) is 10.5 Å². The van der Waals surface area contributed by atoms with Crippen molar-refractivity contribution >= 4 is 5.82 Å². The summed E-state index contributed by atoms with van der Waals surface area (Å²) in [6, 6.07) is 6.12. The van der Waals surface area contributed by atoms with E-state index in [1.165, 1.54) is 0 Å². The number of nitrogens with zero attached hydrogens (tertiary/aromatic N) is 4. The van der Waals surface area contributed by atoms with E-state index in [9.17, 15) is 0 Å². The Labute approximate surface area is 95.8 Å². The second-order valence-electron chi connectivity index (χ2n) is 3.85. The van der Waals surface area contributed by atoms with Gasteiger partial charge in [0.15, 0.2) is 0 Å². The van der Waals surface area contributed by atoms with E-state index in [2.05, 4.69) is 17.1 Å². The summed E-state index contributed by atoms with van der Waals surface area (Å²) in [5, 5.41) is 17.8. The maximum atomic E-state index is 9.06. The van der Waals surface area contributed by atoms with Gasteiger partial charge in [0.1, 0.15) is 11.9 Å². The number of aryl methyl sites for hydroxylation is 1. The molecule has 1 atom stereocenters. The Morgan fingerprint density at radius 3 is 2.75 bits per heavy atom. The molecule has 0 spiro atoms. The Hall–Kier alpha value is -2.07. The molecule has 82 valence electrons. The first kappa shape index (κ1) is 12.0. The summed E-state index contributed by atoms with van der Waals surface area (Å²) in [5.74, 6) is 0.559. The molecule has 0 aliphatic heterocycles. The van der Waals surface area contributed by atoms with Gasteiger partial charge in [0, 0.05) is 19.8 Å². The maximum Gasteiger partial charge on any atom is 0.146 e. The quantitative estimate of drug-likeness (QED) is 0.770. The number of hydrogen-bond donors (Lipinski definition) is 0. The molecule has 4 nitrogen and oxygen atoms in total. The van der Waals surface area contributed by atoms with Crippen LogP contribution in [0, 0.1) is 35.5 Å². The van der Waals surface area contributed by atoms with Crippen molar-refractivity contribution in [1.82, 2.24) is 4.98 Å². The zero-order chi connectivity index (χ0) is 12.1. The molecule has 0 radical (unpaired) electrons. The third-order valence-corrected chi connectivity index (χ3v) is 2.38. The minimum absolute atomic E-state index is 0.0844. The maximum absolute atomic E-state index is 9.06. The first-order chi connectivity index (χ1) is 7.60. The third-order valence-electron chi connectivity index (χ3n) is 2.38. The molecule has 1 aromatic rings. The minimum Gasteiger partial charge on any atom is -0.357 e. The summed E-state index contributed by atoms with van der Waals surface area (Å²) < 4.78 is 0. The number of aromatic nitrogens is 1. The van der Waals surface area contributed by atoms with E-state index in [0.29, 0.717) is 17.9 Å². The van der Waals surface area contributed by atoms with Gasteiger partial charge in [-0.15, -0.1) is 0 Å². The molecular formula is C12H14N4. The number of hydrogen-bond acceptors (Lipinski definition) is 4. The number of pyridine rings is 1. The summed E-state index contributed by atoms with van der Waals surface area (Å²) in [4.78, 5) is 6.04. The normalized spacial score (nSPS) is 11.3. The highest BCUT2D eigenvalue weighted by Gasteiger charge is 2.13. The zero-order valence-electron chi connectivity index (χ0n) is 9.73. The topological polar surface area (TPSA) is 63.7 Å². The highest BCUT2D eigenvalue weighted by atomic mass is 15.2. The molecule has 16 heavy (non-hydrogen) atoms. The fourth-order valence-corrected chi connectivity index (χ4v) is 1.51. The zero-order valence-corrected chi connectivity index (χ0v) is 9.73. The Bertz CT molecular complexity index is 453. The van der Waals surface area contributed by atoms with Crippen LogP contribution >= 0.6 is 0 Å². The lowest BCUT2D eigenvalue weighted by Gasteiger charge is -2.20. The molecule has 0 aliphatic carbocycles. The molecule has 0 fully saturated rings. The first-order valence-electron chi connectivity index (χ1n) is 5.06. The lowest BCUT2D eigenvalue weighted by molar-refractivity contribution is 0.709. The predicted molar refractivity (Wildman–Crippen MR) is 61.7 cm³/mol. The standard InChI is InChI=1S/C12H14N4/c1-9(6-13)8-16(3)12-11(7-14)10(2)4-5-15-12/h4-5,9H,8H2,1-3H3. The van der Waals surface area contributed by atoms with Gasteiger partial charge >= 0.3 is 0 Å². The molecule has 0 saturated heterocycles. The Balaban J connectivity index is 3.01. The van der Waals surface area contributed by atoms with Gasteiger partial charge in [-0.3, -0.25) is 0 Å². The van der Waals surface area contributed by atoms with E-state index >= 15 is 0 Å². The Kier molecular flexibility index (Phi) is 3.85. The molecular weight excluding hydrogens is 200 g/mol. The smallest absolute Gasteiger partial charge is 0.146 e. The van der Waals surface area contributed by atoms with Crippen LogP contribution in [0.5, 0.6) is 0 Å². The van der Waals surface area contributed by atoms with Crippen molar-refractivity contribution < 1.29 is 0 Å². The van der Waals surface area contributed by atoms with Crippen molar-refractivity contribution in [3.8, 4) is 12.1 Å². The number of nitriles is 2. The van der Waals surface area contributed by atoms with Gasteiger partial charge in [0.25, 0.3) is 0 Å². The molecule has 4 heteroatoms. The minimum atomic E-state index is -0.0844. The van der Waals surface area contributed by atoms with Crippen molar-refractivity contribution in [1.29, 1.82) is 10.5 Å². The lowest BCUT2D eigenvalue weighted by atomic mass is 10.1. The molecule has 0 saturated carbocycles. The van der Waals surface area contributed by atoms with E-state index in [1.54, 1.807) is 6.20 Å². The second-order valence-corrected chi connectivity index (χ2v) is 3.85. The summed E-state index contributed by atoms with van der Waals surface area (Å²) in [5.41, 5.74) is 1.49. The predicted octanol–water partition coefficient (Wildman–Crippen LogP) is 1.86. The average molecular weight is 214 g/mol. The lowest BCUT2D eigenvalue weighted by Crippen LogP contribution is -2.25. The fraction of sp³-hybridized carbons (Fsp3) is 0.417. The molecule has 0 amide bonds. The van der Waals surface area contributed by atoms with Crippen LogP contribution in [0.4, 0.5) is 5.82 Å². The highest BCUT2D eigenvalue weighted by molar-refractivity contribution is 5.56. The van der Waals surface area contributed by atoms with Gasteiger partial charge in [-0.1, -0.05) is 0 Å². The second kappa shape index (κ2) is 5.14. The van der Waals surface area contributed by atoms with E-state index < -0.39 is 0 Å². The Morgan fingerprint density at radius 2 is 2.19 bits per heavy atom. The van der Waals surface area contributed by atoms with Crippen molar-refractivity contribution in [3.63, 3.8) is 0 Å². The molecule has 0 aliphatic rings. The molecule has 0 bridgehead atoms. The third kappa shape index (κ3) is 2.49. The SMILES string of the molecule is Cc1ccnc(N(C)CC(C)C#N)c1C#N. The molecule has 1 unspecified atom stereocenters. The summed E-state index contributed by atoms with van der Waals surface area (Å²) in [7, 11) is 1.84. The van der Waals surface area contributed by atoms with E-state index in [1.807, 2.05) is 31.9 Å². The fourth-order valence-electron chi connectivity index (χ4n) is 1.51. The van der Waals surface area contributed by atoms with Gasteiger partial charge in [0.05, 0.1) is 17.6 Å². The largest absolute Gasteiger partial charge is 0.357 e. The highest BCUT2D eigenvalue weighted by Crippen LogP contribution is 2.19. The van der Waals surface area contributed by atoms with Gasteiger partial charge in [-0.05, 0) is 25.5 Å². The van der Waals surface area contributed by atoms with Crippen LogP contribution in [0.25, 0.3) is 0 Å². The van der Waals surface area contributed by atoms with Crippen LogP contribution in [0.15, 0.2) is 12.3 Å². The van der Waals surface area contributed by atoms with Crippen LogP contribution in [-0.4, -0.2) is 18.6 Å². The van der Waals surface area contributed by atoms with Crippen molar-refractivity contribution in [2.45, 2.75) is 13.8 Å². The van der Waals surface area contributed by atoms with Crippen LogP contribution < -0.4 is 4.90 Å². The number of rotatable bonds is 3. The molecule has 0 N–H and O–H groups in total. The molecule has 1 aromatic heterocycles. The summed E-state index contributed by atoms with van der Waals surface area (Å²) >= 11 is 0. The van der Waals surface area contributed by atoms with Crippen LogP contribution in [0.1, 0.15) is 18.1 Å².